The van der Waals surface area contributed by atoms with Gasteiger partial charge < -0.3 is 5.32 Å². The fourth-order valence-electron chi connectivity index (χ4n) is 4.04. The molecule has 3 nitrogen and oxygen atoms in total. The highest BCUT2D eigenvalue weighted by Gasteiger charge is 2.38. The largest absolute Gasteiger partial charge is 0.353 e. The molecule has 4 heteroatoms. The van der Waals surface area contributed by atoms with Crippen molar-refractivity contribution in [3.63, 3.8) is 0 Å². The van der Waals surface area contributed by atoms with Crippen molar-refractivity contribution >= 4 is 18.3 Å². The van der Waals surface area contributed by atoms with Gasteiger partial charge >= 0.3 is 0 Å². The molecule has 0 spiro atoms. The lowest BCUT2D eigenvalue weighted by Gasteiger charge is -2.45. The molecular formula is C22H29ClN2O. The molecule has 26 heavy (non-hydrogen) atoms. The Balaban J connectivity index is 0.00000243. The first kappa shape index (κ1) is 20.5. The molecule has 1 N–H and O–H groups in total. The second kappa shape index (κ2) is 9.20. The second-order valence-corrected chi connectivity index (χ2v) is 7.30. The number of rotatable bonds is 5. The summed E-state index contributed by atoms with van der Waals surface area (Å²) in [6, 6.07) is 21.0. The highest BCUT2D eigenvalue weighted by Crippen LogP contribution is 2.40. The Kier molecular flexibility index (Phi) is 7.24. The summed E-state index contributed by atoms with van der Waals surface area (Å²) in [4.78, 5) is 14.7. The molecule has 0 bridgehead atoms. The number of carbonyl (C=O) groups excluding carboxylic acids is 1. The monoisotopic (exact) mass is 372 g/mol. The number of carbonyl (C=O) groups is 1. The molecule has 1 aliphatic rings. The van der Waals surface area contributed by atoms with Gasteiger partial charge in [-0.1, -0.05) is 60.7 Å². The molecule has 140 valence electrons. The third-order valence-electron chi connectivity index (χ3n) is 5.55. The fraction of sp³-hybridized carbons (Fsp3) is 0.409. The molecule has 0 saturated heterocycles. The van der Waals surface area contributed by atoms with E-state index in [1.54, 1.807) is 0 Å². The van der Waals surface area contributed by atoms with Crippen molar-refractivity contribution in [3.8, 4) is 0 Å². The van der Waals surface area contributed by atoms with E-state index in [1.165, 1.54) is 5.56 Å². The Hall–Kier alpha value is -1.84. The van der Waals surface area contributed by atoms with Gasteiger partial charge in [0.2, 0.25) is 5.91 Å². The predicted octanol–water partition coefficient (Wildman–Crippen LogP) is 4.17. The number of halogens is 1. The maximum Gasteiger partial charge on any atom is 0.224 e. The van der Waals surface area contributed by atoms with Gasteiger partial charge in [-0.25, -0.2) is 0 Å². The van der Waals surface area contributed by atoms with Gasteiger partial charge in [0.15, 0.2) is 0 Å². The number of amides is 1. The Labute approximate surface area is 163 Å². The molecular weight excluding hydrogens is 344 g/mol. The summed E-state index contributed by atoms with van der Waals surface area (Å²) in [6.07, 6.45) is 4.65. The number of nitrogens with one attached hydrogen (secondary N) is 1. The maximum atomic E-state index is 12.3. The van der Waals surface area contributed by atoms with Crippen molar-refractivity contribution in [2.45, 2.75) is 43.7 Å². The summed E-state index contributed by atoms with van der Waals surface area (Å²) in [5.74, 6) is 0.133. The number of hydrogen-bond donors (Lipinski definition) is 1. The zero-order valence-electron chi connectivity index (χ0n) is 15.7. The van der Waals surface area contributed by atoms with Crippen LogP contribution >= 0.6 is 12.4 Å². The van der Waals surface area contributed by atoms with Crippen molar-refractivity contribution in [2.75, 3.05) is 14.1 Å². The number of nitrogens with zero attached hydrogens (tertiary/aromatic N) is 1. The van der Waals surface area contributed by atoms with Gasteiger partial charge in [0, 0.05) is 11.6 Å². The van der Waals surface area contributed by atoms with Crippen molar-refractivity contribution in [2.24, 2.45) is 0 Å². The topological polar surface area (TPSA) is 32.3 Å². The molecule has 0 atom stereocenters. The van der Waals surface area contributed by atoms with Gasteiger partial charge in [-0.15, -0.1) is 12.4 Å². The zero-order valence-corrected chi connectivity index (χ0v) is 16.5. The van der Waals surface area contributed by atoms with Crippen LogP contribution in [0.4, 0.5) is 0 Å². The van der Waals surface area contributed by atoms with Crippen LogP contribution in [0.5, 0.6) is 0 Å². The standard InChI is InChI=1S/C22H28N2O.ClH/c1-24(2)22(19-11-7-4-8-12-19)15-13-20(14-16-22)23-21(25)17-18-9-5-3-6-10-18;/h3-12,20H,13-17H2,1-2H3,(H,23,25);1H. The molecule has 1 fully saturated rings. The Morgan fingerprint density at radius 1 is 1.00 bits per heavy atom. The summed E-state index contributed by atoms with van der Waals surface area (Å²) >= 11 is 0. The van der Waals surface area contributed by atoms with Gasteiger partial charge in [0.25, 0.3) is 0 Å². The first-order valence-corrected chi connectivity index (χ1v) is 9.16. The fourth-order valence-corrected chi connectivity index (χ4v) is 4.04. The molecule has 3 rings (SSSR count). The summed E-state index contributed by atoms with van der Waals surface area (Å²) in [6.45, 7) is 0. The van der Waals surface area contributed by atoms with Crippen LogP contribution in [0.2, 0.25) is 0 Å². The molecule has 0 aliphatic heterocycles. The SMILES string of the molecule is CN(C)C1(c2ccccc2)CCC(NC(=O)Cc2ccccc2)CC1.Cl. The van der Waals surface area contributed by atoms with Crippen LogP contribution in [0.3, 0.4) is 0 Å². The van der Waals surface area contributed by atoms with Crippen LogP contribution in [0.25, 0.3) is 0 Å². The first-order valence-electron chi connectivity index (χ1n) is 9.16. The average Bonchev–Trinajstić information content (AvgIpc) is 2.64. The predicted molar refractivity (Wildman–Crippen MR) is 110 cm³/mol. The highest BCUT2D eigenvalue weighted by molar-refractivity contribution is 5.85. The Bertz CT molecular complexity index is 680. The van der Waals surface area contributed by atoms with Gasteiger partial charge in [-0.05, 0) is 50.9 Å². The summed E-state index contributed by atoms with van der Waals surface area (Å²) < 4.78 is 0. The van der Waals surface area contributed by atoms with Crippen LogP contribution in [-0.2, 0) is 16.8 Å². The van der Waals surface area contributed by atoms with Gasteiger partial charge in [0.1, 0.15) is 0 Å². The van der Waals surface area contributed by atoms with E-state index in [0.717, 1.165) is 31.2 Å². The molecule has 0 unspecified atom stereocenters. The third kappa shape index (κ3) is 4.66. The molecule has 1 amide bonds. The van der Waals surface area contributed by atoms with E-state index in [9.17, 15) is 4.79 Å². The van der Waals surface area contributed by atoms with Crippen LogP contribution < -0.4 is 5.32 Å². The maximum absolute atomic E-state index is 12.3. The number of hydrogen-bond acceptors (Lipinski definition) is 2. The van der Waals surface area contributed by atoms with Crippen molar-refractivity contribution in [1.29, 1.82) is 0 Å². The Morgan fingerprint density at radius 2 is 1.54 bits per heavy atom. The van der Waals surface area contributed by atoms with Crippen molar-refractivity contribution in [1.82, 2.24) is 10.2 Å². The lowest BCUT2D eigenvalue weighted by atomic mass is 9.74. The van der Waals surface area contributed by atoms with Crippen LogP contribution in [0.15, 0.2) is 60.7 Å². The summed E-state index contributed by atoms with van der Waals surface area (Å²) in [7, 11) is 4.34. The minimum Gasteiger partial charge on any atom is -0.353 e. The normalized spacial score (nSPS) is 22.5. The van der Waals surface area contributed by atoms with E-state index in [1.807, 2.05) is 30.3 Å². The minimum absolute atomic E-state index is 0. The van der Waals surface area contributed by atoms with E-state index < -0.39 is 0 Å². The number of benzene rings is 2. The average molecular weight is 373 g/mol. The molecule has 0 heterocycles. The minimum atomic E-state index is 0. The van der Waals surface area contributed by atoms with Gasteiger partial charge in [-0.3, -0.25) is 9.69 Å². The lowest BCUT2D eigenvalue weighted by molar-refractivity contribution is -0.121. The highest BCUT2D eigenvalue weighted by atomic mass is 35.5. The van der Waals surface area contributed by atoms with Crippen LogP contribution in [0, 0.1) is 0 Å². The zero-order chi connectivity index (χ0) is 17.7. The molecule has 0 aromatic heterocycles. The van der Waals surface area contributed by atoms with Crippen LogP contribution in [0.1, 0.15) is 36.8 Å². The van der Waals surface area contributed by atoms with E-state index >= 15 is 0 Å². The van der Waals surface area contributed by atoms with E-state index in [2.05, 4.69) is 54.6 Å². The van der Waals surface area contributed by atoms with E-state index in [0.29, 0.717) is 6.42 Å². The van der Waals surface area contributed by atoms with Crippen molar-refractivity contribution in [3.05, 3.63) is 71.8 Å². The van der Waals surface area contributed by atoms with E-state index in [4.69, 9.17) is 0 Å². The molecule has 2 aromatic rings. The van der Waals surface area contributed by atoms with Crippen molar-refractivity contribution < 1.29 is 4.79 Å². The summed E-state index contributed by atoms with van der Waals surface area (Å²) in [5.41, 5.74) is 2.54. The first-order chi connectivity index (χ1) is 12.1. The Morgan fingerprint density at radius 3 is 2.08 bits per heavy atom. The quantitative estimate of drug-likeness (QED) is 0.854. The van der Waals surface area contributed by atoms with Crippen LogP contribution in [-0.4, -0.2) is 30.9 Å². The molecule has 1 aliphatic carbocycles. The summed E-state index contributed by atoms with van der Waals surface area (Å²) in [5, 5.41) is 3.24. The van der Waals surface area contributed by atoms with Gasteiger partial charge in [-0.2, -0.15) is 0 Å². The van der Waals surface area contributed by atoms with E-state index in [-0.39, 0.29) is 29.9 Å². The molecule has 0 radical (unpaired) electrons. The lowest BCUT2D eigenvalue weighted by Crippen LogP contribution is -2.48. The van der Waals surface area contributed by atoms with Gasteiger partial charge in [0.05, 0.1) is 6.42 Å². The molecule has 2 aromatic carbocycles. The smallest absolute Gasteiger partial charge is 0.224 e. The third-order valence-corrected chi connectivity index (χ3v) is 5.55. The second-order valence-electron chi connectivity index (χ2n) is 7.30. The molecule has 1 saturated carbocycles.